The summed E-state index contributed by atoms with van der Waals surface area (Å²) in [6.45, 7) is 2.10. The van der Waals surface area contributed by atoms with Crippen molar-refractivity contribution in [2.24, 2.45) is 0 Å². The molecular formula is C25H27BrClF3N4O4S. The van der Waals surface area contributed by atoms with Crippen molar-refractivity contribution >= 4 is 48.3 Å². The van der Waals surface area contributed by atoms with Gasteiger partial charge in [-0.25, -0.2) is 13.2 Å². The molecule has 1 aliphatic rings. The Kier molecular flexibility index (Phi) is 8.40. The summed E-state index contributed by atoms with van der Waals surface area (Å²) in [7, 11) is 0.0919. The van der Waals surface area contributed by atoms with E-state index in [0.29, 0.717) is 17.7 Å². The molecule has 4 rings (SSSR count). The molecule has 1 fully saturated rings. The molecular weight excluding hydrogens is 625 g/mol. The summed E-state index contributed by atoms with van der Waals surface area (Å²) in [4.78, 5) is 32.8. The van der Waals surface area contributed by atoms with Gasteiger partial charge in [0.15, 0.2) is 9.84 Å². The molecule has 3 aromatic rings. The molecule has 1 aliphatic heterocycles. The summed E-state index contributed by atoms with van der Waals surface area (Å²) in [6.07, 6.45) is -3.96. The smallest absolute Gasteiger partial charge is 0.306 e. The molecule has 0 aliphatic carbocycles. The topological polar surface area (TPSA) is 95.5 Å². The molecule has 1 atom stereocenters. The minimum Gasteiger partial charge on any atom is -0.306 e. The van der Waals surface area contributed by atoms with E-state index in [0.717, 1.165) is 12.5 Å². The van der Waals surface area contributed by atoms with Gasteiger partial charge in [0.05, 0.1) is 33.7 Å². The number of likely N-dealkylation sites (N-methyl/N-ethyl adjacent to an activating group) is 1. The summed E-state index contributed by atoms with van der Waals surface area (Å²) < 4.78 is 68.6. The zero-order valence-corrected chi connectivity index (χ0v) is 24.6. The zero-order valence-electron chi connectivity index (χ0n) is 21.4. The number of fused-ring (bicyclic) bond motifs is 1. The molecule has 1 N–H and O–H groups in total. The molecule has 2 aromatic carbocycles. The molecule has 0 amide bonds. The minimum absolute atomic E-state index is 0.0148. The van der Waals surface area contributed by atoms with Gasteiger partial charge in [0.2, 0.25) is 0 Å². The highest BCUT2D eigenvalue weighted by atomic mass is 79.9. The number of halogens is 5. The second kappa shape index (κ2) is 11.0. The largest absolute Gasteiger partial charge is 0.416 e. The summed E-state index contributed by atoms with van der Waals surface area (Å²) in [6, 6.07) is 4.93. The van der Waals surface area contributed by atoms with Gasteiger partial charge in [-0.05, 0) is 71.8 Å². The van der Waals surface area contributed by atoms with E-state index in [-0.39, 0.29) is 54.8 Å². The van der Waals surface area contributed by atoms with Gasteiger partial charge in [0.25, 0.3) is 5.56 Å². The number of sulfone groups is 1. The molecule has 2 heterocycles. The lowest BCUT2D eigenvalue weighted by Crippen LogP contribution is -2.36. The second-order valence-corrected chi connectivity index (χ2v) is 13.2. The van der Waals surface area contributed by atoms with Crippen molar-refractivity contribution in [1.29, 1.82) is 0 Å². The summed E-state index contributed by atoms with van der Waals surface area (Å²) in [5.74, 6) is -0.235. The highest BCUT2D eigenvalue weighted by Gasteiger charge is 2.37. The first-order valence-corrected chi connectivity index (χ1v) is 14.9. The van der Waals surface area contributed by atoms with E-state index >= 15 is 0 Å². The Morgan fingerprint density at radius 1 is 1.18 bits per heavy atom. The SMILES string of the molecule is CCS(=O)(=O)c1ccc(Cl)cc1Cn1c(=O)[nH]c2c(Br)c(CN3CC[C@@H](N(C)C)C3)c(C(F)(F)F)cc2c1=O. The molecule has 212 valence electrons. The Bertz CT molecular complexity index is 1650. The Morgan fingerprint density at radius 3 is 2.46 bits per heavy atom. The van der Waals surface area contributed by atoms with Crippen molar-refractivity contribution in [1.82, 2.24) is 19.4 Å². The number of hydrogen-bond acceptors (Lipinski definition) is 6. The molecule has 14 heteroatoms. The Labute approximate surface area is 236 Å². The number of hydrogen-bond donors (Lipinski definition) is 1. The highest BCUT2D eigenvalue weighted by molar-refractivity contribution is 9.10. The zero-order chi connectivity index (χ0) is 28.9. The Hall–Kier alpha value is -2.19. The maximum Gasteiger partial charge on any atom is 0.416 e. The van der Waals surface area contributed by atoms with Crippen LogP contribution in [0.5, 0.6) is 0 Å². The average molecular weight is 652 g/mol. The van der Waals surface area contributed by atoms with Gasteiger partial charge in [-0.1, -0.05) is 18.5 Å². The van der Waals surface area contributed by atoms with E-state index in [9.17, 15) is 31.2 Å². The van der Waals surface area contributed by atoms with Crippen LogP contribution in [0, 0.1) is 0 Å². The number of likely N-dealkylation sites (tertiary alicyclic amines) is 1. The van der Waals surface area contributed by atoms with Crippen molar-refractivity contribution in [3.63, 3.8) is 0 Å². The van der Waals surface area contributed by atoms with Crippen LogP contribution >= 0.6 is 27.5 Å². The lowest BCUT2D eigenvalue weighted by Gasteiger charge is -2.23. The molecule has 39 heavy (non-hydrogen) atoms. The van der Waals surface area contributed by atoms with Crippen molar-refractivity contribution in [2.75, 3.05) is 32.9 Å². The maximum absolute atomic E-state index is 14.3. The van der Waals surface area contributed by atoms with E-state index < -0.39 is 39.4 Å². The van der Waals surface area contributed by atoms with E-state index in [1.165, 1.54) is 25.1 Å². The molecule has 8 nitrogen and oxygen atoms in total. The van der Waals surface area contributed by atoms with Crippen molar-refractivity contribution in [3.05, 3.63) is 71.3 Å². The van der Waals surface area contributed by atoms with Gasteiger partial charge in [-0.2, -0.15) is 13.2 Å². The lowest BCUT2D eigenvalue weighted by atomic mass is 10.0. The maximum atomic E-state index is 14.3. The van der Waals surface area contributed by atoms with Crippen LogP contribution in [0.2, 0.25) is 5.02 Å². The third-order valence-electron chi connectivity index (χ3n) is 7.05. The van der Waals surface area contributed by atoms with E-state index in [2.05, 4.69) is 20.9 Å². The quantitative estimate of drug-likeness (QED) is 0.414. The van der Waals surface area contributed by atoms with Crippen LogP contribution in [0.4, 0.5) is 13.2 Å². The fourth-order valence-electron chi connectivity index (χ4n) is 4.85. The molecule has 0 bridgehead atoms. The fourth-order valence-corrected chi connectivity index (χ4v) is 6.80. The van der Waals surface area contributed by atoms with Crippen LogP contribution in [-0.4, -0.2) is 66.7 Å². The van der Waals surface area contributed by atoms with Crippen molar-refractivity contribution < 1.29 is 21.6 Å². The third-order valence-corrected chi connectivity index (χ3v) is 9.99. The predicted octanol–water partition coefficient (Wildman–Crippen LogP) is 4.10. The van der Waals surface area contributed by atoms with Gasteiger partial charge < -0.3 is 9.88 Å². The summed E-state index contributed by atoms with van der Waals surface area (Å²) in [5.41, 5.74) is -2.92. The van der Waals surface area contributed by atoms with Crippen LogP contribution in [0.15, 0.2) is 43.2 Å². The highest BCUT2D eigenvalue weighted by Crippen LogP contribution is 2.39. The normalized spacial score (nSPS) is 17.0. The Balaban J connectivity index is 1.87. The first kappa shape index (κ1) is 29.8. The number of rotatable bonds is 7. The number of alkyl halides is 3. The molecule has 0 unspecified atom stereocenters. The number of nitrogens with one attached hydrogen (secondary N) is 1. The van der Waals surface area contributed by atoms with Crippen molar-refractivity contribution in [2.45, 2.75) is 43.5 Å². The molecule has 0 radical (unpaired) electrons. The Morgan fingerprint density at radius 2 is 1.87 bits per heavy atom. The van der Waals surface area contributed by atoms with E-state index in [1.807, 2.05) is 23.9 Å². The first-order valence-electron chi connectivity index (χ1n) is 12.1. The average Bonchev–Trinajstić information content (AvgIpc) is 3.32. The van der Waals surface area contributed by atoms with E-state index in [1.54, 1.807) is 0 Å². The standard InChI is InChI=1S/C25H27BrClF3N4O4S/c1-4-39(37,38)20-6-5-15(27)9-14(20)11-34-23(35)17-10-19(25(28,29)30)18(21(26)22(17)31-24(34)36)13-33-8-7-16(12-33)32(2)3/h5-6,9-10,16H,4,7-8,11-13H2,1-3H3,(H,31,36)/t16-/m1/s1. The van der Waals surface area contributed by atoms with E-state index in [4.69, 9.17) is 11.6 Å². The van der Waals surface area contributed by atoms with Gasteiger partial charge in [-0.15, -0.1) is 0 Å². The van der Waals surface area contributed by atoms with Gasteiger partial charge in [-0.3, -0.25) is 14.3 Å². The first-order chi connectivity index (χ1) is 18.1. The number of benzene rings is 2. The van der Waals surface area contributed by atoms with Crippen molar-refractivity contribution in [3.8, 4) is 0 Å². The van der Waals surface area contributed by atoms with Crippen LogP contribution in [0.1, 0.15) is 30.0 Å². The van der Waals surface area contributed by atoms with Gasteiger partial charge >= 0.3 is 11.9 Å². The molecule has 0 spiro atoms. The van der Waals surface area contributed by atoms with Gasteiger partial charge in [0.1, 0.15) is 0 Å². The summed E-state index contributed by atoms with van der Waals surface area (Å²) in [5, 5.41) is -0.178. The van der Waals surface area contributed by atoms with Crippen LogP contribution in [0.25, 0.3) is 10.9 Å². The van der Waals surface area contributed by atoms with Crippen LogP contribution < -0.4 is 11.2 Å². The summed E-state index contributed by atoms with van der Waals surface area (Å²) >= 11 is 9.29. The number of aromatic nitrogens is 2. The molecule has 1 saturated heterocycles. The number of aromatic amines is 1. The second-order valence-electron chi connectivity index (χ2n) is 9.76. The number of H-pyrrole nitrogens is 1. The molecule has 1 aromatic heterocycles. The third kappa shape index (κ3) is 5.97. The van der Waals surface area contributed by atoms with Crippen LogP contribution in [-0.2, 0) is 29.1 Å². The number of nitrogens with zero attached hydrogens (tertiary/aromatic N) is 3. The van der Waals surface area contributed by atoms with Gasteiger partial charge in [0, 0.05) is 35.2 Å². The fraction of sp³-hybridized carbons (Fsp3) is 0.440. The monoisotopic (exact) mass is 650 g/mol. The minimum atomic E-state index is -4.77. The lowest BCUT2D eigenvalue weighted by molar-refractivity contribution is -0.138. The molecule has 0 saturated carbocycles. The predicted molar refractivity (Wildman–Crippen MR) is 147 cm³/mol. The van der Waals surface area contributed by atoms with Crippen LogP contribution in [0.3, 0.4) is 0 Å².